The predicted molar refractivity (Wildman–Crippen MR) is 122 cm³/mol. The molecule has 164 valence electrons. The second-order valence-corrected chi connectivity index (χ2v) is 7.44. The van der Waals surface area contributed by atoms with Gasteiger partial charge in [0, 0.05) is 10.7 Å². The minimum atomic E-state index is -0.350. The predicted octanol–water partition coefficient (Wildman–Crippen LogP) is 4.29. The second kappa shape index (κ2) is 9.62. The molecule has 1 heterocycles. The van der Waals surface area contributed by atoms with Crippen LogP contribution in [0.4, 0.5) is 11.4 Å². The van der Waals surface area contributed by atoms with Crippen molar-refractivity contribution in [3.8, 4) is 17.2 Å². The first-order valence-corrected chi connectivity index (χ1v) is 10.3. The van der Waals surface area contributed by atoms with Crippen LogP contribution in [0.25, 0.3) is 0 Å². The third-order valence-corrected chi connectivity index (χ3v) is 5.27. The molecule has 0 fully saturated rings. The highest BCUT2D eigenvalue weighted by Gasteiger charge is 2.26. The van der Waals surface area contributed by atoms with Crippen molar-refractivity contribution in [1.29, 1.82) is 0 Å². The van der Waals surface area contributed by atoms with E-state index in [0.29, 0.717) is 40.2 Å². The molecule has 7 nitrogen and oxygen atoms in total. The molecule has 32 heavy (non-hydrogen) atoms. The number of fused-ring (bicyclic) bond motifs is 1. The lowest BCUT2D eigenvalue weighted by atomic mass is 10.1. The van der Waals surface area contributed by atoms with E-state index in [0.717, 1.165) is 5.56 Å². The molecule has 0 atom stereocenters. The Labute approximate surface area is 190 Å². The van der Waals surface area contributed by atoms with Gasteiger partial charge in [0.25, 0.3) is 11.8 Å². The van der Waals surface area contributed by atoms with Crippen LogP contribution in [0.5, 0.6) is 17.2 Å². The molecular weight excluding hydrogens is 432 g/mol. The van der Waals surface area contributed by atoms with Gasteiger partial charge >= 0.3 is 0 Å². The van der Waals surface area contributed by atoms with Gasteiger partial charge < -0.3 is 24.4 Å². The van der Waals surface area contributed by atoms with Crippen LogP contribution in [-0.2, 0) is 16.1 Å². The molecule has 2 amide bonds. The Balaban J connectivity index is 1.48. The maximum Gasteiger partial charge on any atom is 0.265 e. The zero-order valence-electron chi connectivity index (χ0n) is 17.3. The van der Waals surface area contributed by atoms with Gasteiger partial charge in [-0.3, -0.25) is 9.59 Å². The Bertz CT molecular complexity index is 1150. The second-order valence-electron chi connectivity index (χ2n) is 7.03. The number of rotatable bonds is 7. The number of benzene rings is 3. The molecule has 1 N–H and O–H groups in total. The lowest BCUT2D eigenvalue weighted by Crippen LogP contribution is -2.38. The Hall–Kier alpha value is -3.71. The van der Waals surface area contributed by atoms with Crippen molar-refractivity contribution in [2.24, 2.45) is 0 Å². The van der Waals surface area contributed by atoms with Gasteiger partial charge in [0.05, 0.1) is 19.3 Å². The summed E-state index contributed by atoms with van der Waals surface area (Å²) in [6.07, 6.45) is 0. The van der Waals surface area contributed by atoms with Crippen LogP contribution < -0.4 is 24.4 Å². The third kappa shape index (κ3) is 4.78. The van der Waals surface area contributed by atoms with Crippen LogP contribution >= 0.6 is 11.6 Å². The van der Waals surface area contributed by atoms with Gasteiger partial charge in [0.1, 0.15) is 5.75 Å². The number of halogens is 1. The quantitative estimate of drug-likeness (QED) is 0.578. The molecule has 0 spiro atoms. The van der Waals surface area contributed by atoms with Crippen molar-refractivity contribution in [3.05, 3.63) is 77.3 Å². The van der Waals surface area contributed by atoms with Gasteiger partial charge in [-0.25, -0.2) is 0 Å². The van der Waals surface area contributed by atoms with Crippen LogP contribution in [-0.4, -0.2) is 32.1 Å². The van der Waals surface area contributed by atoms with Gasteiger partial charge in [0.2, 0.25) is 0 Å². The number of methoxy groups -OCH3 is 1. The number of nitrogens with one attached hydrogen (secondary N) is 1. The molecule has 1 aliphatic heterocycles. The first-order chi connectivity index (χ1) is 15.5. The van der Waals surface area contributed by atoms with Crippen molar-refractivity contribution in [2.45, 2.75) is 6.54 Å². The molecule has 0 bridgehead atoms. The molecule has 0 aliphatic carbocycles. The lowest BCUT2D eigenvalue weighted by Gasteiger charge is -2.30. The van der Waals surface area contributed by atoms with Crippen LogP contribution in [0.15, 0.2) is 66.7 Å². The molecule has 0 radical (unpaired) electrons. The van der Waals surface area contributed by atoms with E-state index >= 15 is 0 Å². The SMILES string of the molecule is COc1ccccc1OCC(=O)Nc1ccc2c(c1)N(Cc1ccccc1Cl)C(=O)CO2. The summed E-state index contributed by atoms with van der Waals surface area (Å²) in [5.41, 5.74) is 1.89. The number of para-hydroxylation sites is 2. The normalized spacial score (nSPS) is 12.6. The first-order valence-electron chi connectivity index (χ1n) is 9.91. The molecule has 0 unspecified atom stereocenters. The van der Waals surface area contributed by atoms with E-state index in [2.05, 4.69) is 5.32 Å². The molecule has 0 aromatic heterocycles. The fourth-order valence-electron chi connectivity index (χ4n) is 3.33. The highest BCUT2D eigenvalue weighted by atomic mass is 35.5. The fraction of sp³-hybridized carbons (Fsp3) is 0.167. The number of nitrogens with zero attached hydrogens (tertiary/aromatic N) is 1. The van der Waals surface area contributed by atoms with Crippen LogP contribution in [0.1, 0.15) is 5.56 Å². The zero-order chi connectivity index (χ0) is 22.5. The summed E-state index contributed by atoms with van der Waals surface area (Å²) >= 11 is 6.28. The summed E-state index contributed by atoms with van der Waals surface area (Å²) in [4.78, 5) is 26.6. The van der Waals surface area contributed by atoms with Gasteiger partial charge in [-0.2, -0.15) is 0 Å². The summed E-state index contributed by atoms with van der Waals surface area (Å²) < 4.78 is 16.3. The standard InChI is InChI=1S/C24H21ClN2O5/c1-30-21-8-4-5-9-22(21)31-14-23(28)26-17-10-11-20-19(12-17)27(24(29)15-32-20)13-16-6-2-3-7-18(16)25/h2-12H,13-15H2,1H3,(H,26,28). The minimum Gasteiger partial charge on any atom is -0.493 e. The van der Waals surface area contributed by atoms with Gasteiger partial charge in [-0.05, 0) is 42.0 Å². The molecule has 3 aromatic rings. The molecule has 0 saturated carbocycles. The molecular formula is C24H21ClN2O5. The van der Waals surface area contributed by atoms with E-state index in [4.69, 9.17) is 25.8 Å². The number of anilines is 2. The molecule has 4 rings (SSSR count). The number of ether oxygens (including phenoxy) is 3. The average Bonchev–Trinajstić information content (AvgIpc) is 2.81. The highest BCUT2D eigenvalue weighted by Crippen LogP contribution is 2.36. The number of hydrogen-bond acceptors (Lipinski definition) is 5. The van der Waals surface area contributed by atoms with Crippen LogP contribution in [0.2, 0.25) is 5.02 Å². The van der Waals surface area contributed by atoms with Gasteiger partial charge in [-0.15, -0.1) is 0 Å². The highest BCUT2D eigenvalue weighted by molar-refractivity contribution is 6.31. The number of hydrogen-bond donors (Lipinski definition) is 1. The Morgan fingerprint density at radius 2 is 1.84 bits per heavy atom. The average molecular weight is 453 g/mol. The number of amides is 2. The summed E-state index contributed by atoms with van der Waals surface area (Å²) in [6, 6.07) is 19.6. The first kappa shape index (κ1) is 21.5. The molecule has 0 saturated heterocycles. The van der Waals surface area contributed by atoms with E-state index in [1.165, 1.54) is 7.11 Å². The van der Waals surface area contributed by atoms with Crippen molar-refractivity contribution in [1.82, 2.24) is 0 Å². The monoisotopic (exact) mass is 452 g/mol. The Morgan fingerprint density at radius 1 is 1.09 bits per heavy atom. The summed E-state index contributed by atoms with van der Waals surface area (Å²) in [5, 5.41) is 3.36. The van der Waals surface area contributed by atoms with Crippen molar-refractivity contribution >= 4 is 34.8 Å². The maximum absolute atomic E-state index is 12.6. The fourth-order valence-corrected chi connectivity index (χ4v) is 3.52. The number of carbonyl (C=O) groups is 2. The topological polar surface area (TPSA) is 77.1 Å². The largest absolute Gasteiger partial charge is 0.493 e. The molecule has 8 heteroatoms. The van der Waals surface area contributed by atoms with E-state index in [9.17, 15) is 9.59 Å². The minimum absolute atomic E-state index is 0.0596. The van der Waals surface area contributed by atoms with Crippen molar-refractivity contribution in [3.63, 3.8) is 0 Å². The smallest absolute Gasteiger partial charge is 0.265 e. The van der Waals surface area contributed by atoms with E-state index in [1.54, 1.807) is 47.4 Å². The summed E-state index contributed by atoms with van der Waals surface area (Å²) in [7, 11) is 1.53. The number of carbonyl (C=O) groups excluding carboxylic acids is 2. The van der Waals surface area contributed by atoms with Crippen molar-refractivity contribution < 1.29 is 23.8 Å². The van der Waals surface area contributed by atoms with Gasteiger partial charge in [-0.1, -0.05) is 41.9 Å². The van der Waals surface area contributed by atoms with E-state index in [-0.39, 0.29) is 25.0 Å². The molecule has 1 aliphatic rings. The third-order valence-electron chi connectivity index (χ3n) is 4.90. The molecule has 3 aromatic carbocycles. The van der Waals surface area contributed by atoms with E-state index in [1.807, 2.05) is 24.3 Å². The Kier molecular flexibility index (Phi) is 6.47. The maximum atomic E-state index is 12.6. The summed E-state index contributed by atoms with van der Waals surface area (Å²) in [5.74, 6) is 1.03. The van der Waals surface area contributed by atoms with Crippen LogP contribution in [0.3, 0.4) is 0 Å². The zero-order valence-corrected chi connectivity index (χ0v) is 18.1. The lowest BCUT2D eigenvalue weighted by molar-refractivity contribution is -0.121. The van der Waals surface area contributed by atoms with Crippen LogP contribution in [0, 0.1) is 0 Å². The Morgan fingerprint density at radius 3 is 2.62 bits per heavy atom. The van der Waals surface area contributed by atoms with Gasteiger partial charge in [0.15, 0.2) is 24.7 Å². The van der Waals surface area contributed by atoms with E-state index < -0.39 is 0 Å². The van der Waals surface area contributed by atoms with Crippen molar-refractivity contribution in [2.75, 3.05) is 30.5 Å². The summed E-state index contributed by atoms with van der Waals surface area (Å²) in [6.45, 7) is 0.0370.